The lowest BCUT2D eigenvalue weighted by molar-refractivity contribution is -0.179. The maximum Gasteiger partial charge on any atom is 0.391 e. The Morgan fingerprint density at radius 1 is 1.35 bits per heavy atom. The van der Waals surface area contributed by atoms with E-state index in [0.717, 1.165) is 0 Å². The van der Waals surface area contributed by atoms with Gasteiger partial charge in [0.1, 0.15) is 0 Å². The molecule has 1 N–H and O–H groups in total. The lowest BCUT2D eigenvalue weighted by atomic mass is 9.96. The monoisotopic (exact) mass is 247 g/mol. The average Bonchev–Trinajstić information content (AvgIpc) is 2.28. The van der Waals surface area contributed by atoms with Crippen LogP contribution in [0.1, 0.15) is 12.8 Å². The minimum atomic E-state index is -4.11. The van der Waals surface area contributed by atoms with Crippen molar-refractivity contribution < 1.29 is 13.2 Å². The van der Waals surface area contributed by atoms with Crippen LogP contribution in [0.5, 0.6) is 0 Å². The number of piperidine rings is 1. The Bertz CT molecular complexity index is 435. The Morgan fingerprint density at radius 3 is 2.53 bits per heavy atom. The fourth-order valence-electron chi connectivity index (χ4n) is 2.00. The summed E-state index contributed by atoms with van der Waals surface area (Å²) in [4.78, 5) is 12.8. The van der Waals surface area contributed by atoms with Crippen molar-refractivity contribution in [2.24, 2.45) is 5.92 Å². The van der Waals surface area contributed by atoms with Crippen molar-refractivity contribution in [1.29, 1.82) is 0 Å². The Balaban J connectivity index is 2.02. The highest BCUT2D eigenvalue weighted by molar-refractivity contribution is 5.43. The van der Waals surface area contributed by atoms with Gasteiger partial charge in [0.05, 0.1) is 17.8 Å². The summed E-state index contributed by atoms with van der Waals surface area (Å²) >= 11 is 0. The molecule has 0 aliphatic carbocycles. The number of rotatable bonds is 1. The number of aromatic nitrogens is 2. The minimum absolute atomic E-state index is 0.0658. The number of aromatic amines is 1. The zero-order valence-corrected chi connectivity index (χ0v) is 9.00. The first-order chi connectivity index (χ1) is 7.97. The summed E-state index contributed by atoms with van der Waals surface area (Å²) in [7, 11) is 0. The first kappa shape index (κ1) is 11.9. The SMILES string of the molecule is O=c1cc(N2CCC(C(F)(F)F)CC2)cn[nH]1. The first-order valence-corrected chi connectivity index (χ1v) is 5.33. The van der Waals surface area contributed by atoms with Gasteiger partial charge in [-0.05, 0) is 12.8 Å². The topological polar surface area (TPSA) is 49.0 Å². The molecule has 1 aromatic heterocycles. The van der Waals surface area contributed by atoms with Gasteiger partial charge < -0.3 is 4.90 Å². The smallest absolute Gasteiger partial charge is 0.370 e. The highest BCUT2D eigenvalue weighted by atomic mass is 19.4. The molecule has 0 saturated carbocycles. The van der Waals surface area contributed by atoms with Gasteiger partial charge in [0.25, 0.3) is 5.56 Å². The van der Waals surface area contributed by atoms with Crippen LogP contribution >= 0.6 is 0 Å². The van der Waals surface area contributed by atoms with E-state index < -0.39 is 12.1 Å². The van der Waals surface area contributed by atoms with Gasteiger partial charge in [-0.3, -0.25) is 4.79 Å². The number of H-pyrrole nitrogens is 1. The maximum atomic E-state index is 12.4. The van der Waals surface area contributed by atoms with E-state index in [1.165, 1.54) is 12.3 Å². The predicted octanol–water partition coefficient (Wildman–Crippen LogP) is 1.55. The van der Waals surface area contributed by atoms with E-state index in [4.69, 9.17) is 0 Å². The van der Waals surface area contributed by atoms with Crippen LogP contribution in [-0.4, -0.2) is 29.5 Å². The molecule has 17 heavy (non-hydrogen) atoms. The van der Waals surface area contributed by atoms with E-state index in [2.05, 4.69) is 10.2 Å². The molecule has 0 atom stereocenters. The minimum Gasteiger partial charge on any atom is -0.370 e. The van der Waals surface area contributed by atoms with E-state index in [1.807, 2.05) is 0 Å². The van der Waals surface area contributed by atoms with Gasteiger partial charge in [-0.15, -0.1) is 0 Å². The highest BCUT2D eigenvalue weighted by Crippen LogP contribution is 2.34. The number of nitrogens with zero attached hydrogens (tertiary/aromatic N) is 2. The van der Waals surface area contributed by atoms with Crippen molar-refractivity contribution in [3.05, 3.63) is 22.6 Å². The second-order valence-corrected chi connectivity index (χ2v) is 4.11. The molecule has 1 saturated heterocycles. The molecular weight excluding hydrogens is 235 g/mol. The van der Waals surface area contributed by atoms with Crippen molar-refractivity contribution in [1.82, 2.24) is 10.2 Å². The molecule has 0 aromatic carbocycles. The molecule has 7 heteroatoms. The Labute approximate surface area is 95.4 Å². The van der Waals surface area contributed by atoms with Crippen LogP contribution in [0, 0.1) is 5.92 Å². The maximum absolute atomic E-state index is 12.4. The molecule has 0 radical (unpaired) electrons. The molecule has 0 unspecified atom stereocenters. The summed E-state index contributed by atoms with van der Waals surface area (Å²) < 4.78 is 37.3. The van der Waals surface area contributed by atoms with Gasteiger partial charge in [-0.25, -0.2) is 5.10 Å². The van der Waals surface area contributed by atoms with Crippen molar-refractivity contribution >= 4 is 5.69 Å². The van der Waals surface area contributed by atoms with Gasteiger partial charge in [0.15, 0.2) is 0 Å². The molecule has 2 heterocycles. The largest absolute Gasteiger partial charge is 0.391 e. The summed E-state index contributed by atoms with van der Waals surface area (Å²) in [5, 5.41) is 5.86. The molecule has 1 aliphatic rings. The summed E-state index contributed by atoms with van der Waals surface area (Å²) in [6.45, 7) is 0.602. The molecule has 2 rings (SSSR count). The fourth-order valence-corrected chi connectivity index (χ4v) is 2.00. The number of nitrogens with one attached hydrogen (secondary N) is 1. The van der Waals surface area contributed by atoms with Crippen molar-refractivity contribution in [3.63, 3.8) is 0 Å². The second kappa shape index (κ2) is 4.38. The molecule has 1 aliphatic heterocycles. The van der Waals surface area contributed by atoms with Crippen LogP contribution < -0.4 is 10.5 Å². The number of alkyl halides is 3. The summed E-state index contributed by atoms with van der Waals surface area (Å²) in [5.41, 5.74) is 0.231. The van der Waals surface area contributed by atoms with E-state index in [1.54, 1.807) is 4.90 Å². The number of anilines is 1. The van der Waals surface area contributed by atoms with Crippen LogP contribution in [0.4, 0.5) is 18.9 Å². The quantitative estimate of drug-likeness (QED) is 0.819. The standard InChI is InChI=1S/C10H12F3N3O/c11-10(12,13)7-1-3-16(4-2-7)8-5-9(17)15-14-6-8/h5-7H,1-4H2,(H,15,17). The van der Waals surface area contributed by atoms with Gasteiger partial charge >= 0.3 is 6.18 Å². The molecular formula is C10H12F3N3O. The van der Waals surface area contributed by atoms with Crippen LogP contribution in [0.15, 0.2) is 17.1 Å². The molecule has 1 aromatic rings. The third-order valence-electron chi connectivity index (χ3n) is 2.97. The van der Waals surface area contributed by atoms with Crippen molar-refractivity contribution in [3.8, 4) is 0 Å². The Hall–Kier alpha value is -1.53. The summed E-state index contributed by atoms with van der Waals surface area (Å²) in [6.07, 6.45) is -2.53. The molecule has 0 spiro atoms. The molecule has 4 nitrogen and oxygen atoms in total. The number of hydrogen-bond donors (Lipinski definition) is 1. The van der Waals surface area contributed by atoms with E-state index in [9.17, 15) is 18.0 Å². The third kappa shape index (κ3) is 2.78. The lowest BCUT2D eigenvalue weighted by Gasteiger charge is -2.33. The first-order valence-electron chi connectivity index (χ1n) is 5.33. The fraction of sp³-hybridized carbons (Fsp3) is 0.600. The Morgan fingerprint density at radius 2 is 2.00 bits per heavy atom. The van der Waals surface area contributed by atoms with E-state index in [0.29, 0.717) is 18.8 Å². The van der Waals surface area contributed by atoms with Gasteiger partial charge in [0, 0.05) is 19.2 Å². The van der Waals surface area contributed by atoms with Crippen LogP contribution in [0.2, 0.25) is 0 Å². The van der Waals surface area contributed by atoms with E-state index in [-0.39, 0.29) is 18.4 Å². The molecule has 0 amide bonds. The average molecular weight is 247 g/mol. The number of hydrogen-bond acceptors (Lipinski definition) is 3. The lowest BCUT2D eigenvalue weighted by Crippen LogP contribution is -2.39. The van der Waals surface area contributed by atoms with Crippen molar-refractivity contribution in [2.75, 3.05) is 18.0 Å². The second-order valence-electron chi connectivity index (χ2n) is 4.11. The molecule has 0 bridgehead atoms. The van der Waals surface area contributed by atoms with E-state index >= 15 is 0 Å². The van der Waals surface area contributed by atoms with Crippen molar-refractivity contribution in [2.45, 2.75) is 19.0 Å². The zero-order chi connectivity index (χ0) is 12.5. The normalized spacial score (nSPS) is 18.4. The van der Waals surface area contributed by atoms with Gasteiger partial charge in [-0.2, -0.15) is 18.3 Å². The van der Waals surface area contributed by atoms with Gasteiger partial charge in [0.2, 0.25) is 0 Å². The zero-order valence-electron chi connectivity index (χ0n) is 9.00. The Kier molecular flexibility index (Phi) is 3.08. The van der Waals surface area contributed by atoms with Crippen LogP contribution in [0.3, 0.4) is 0 Å². The summed E-state index contributed by atoms with van der Waals surface area (Å²) in [5.74, 6) is -1.23. The highest BCUT2D eigenvalue weighted by Gasteiger charge is 2.41. The van der Waals surface area contributed by atoms with Crippen LogP contribution in [0.25, 0.3) is 0 Å². The third-order valence-corrected chi connectivity index (χ3v) is 2.97. The molecule has 94 valence electrons. The van der Waals surface area contributed by atoms with Gasteiger partial charge in [-0.1, -0.05) is 0 Å². The van der Waals surface area contributed by atoms with Crippen LogP contribution in [-0.2, 0) is 0 Å². The summed E-state index contributed by atoms with van der Waals surface area (Å²) in [6, 6.07) is 1.35. The predicted molar refractivity (Wildman–Crippen MR) is 55.8 cm³/mol. The molecule has 1 fully saturated rings. The number of halogens is 3.